The highest BCUT2D eigenvalue weighted by atomic mass is 15.0. The van der Waals surface area contributed by atoms with Crippen LogP contribution in [0.3, 0.4) is 0 Å². The average Bonchev–Trinajstić information content (AvgIpc) is 2.35. The smallest absolute Gasteiger partial charge is 0.127 e. The normalized spacial score (nSPS) is 39.5. The lowest BCUT2D eigenvalue weighted by Crippen LogP contribution is -2.49. The molecule has 0 aromatic carbocycles. The number of hydrogen-bond acceptors (Lipinski definition) is 3. The van der Waals surface area contributed by atoms with E-state index in [4.69, 9.17) is 5.73 Å². The number of nitrogens with two attached hydrogens (primary N) is 1. The zero-order valence-electron chi connectivity index (χ0n) is 11.4. The molecule has 4 bridgehead atoms. The van der Waals surface area contributed by atoms with Crippen LogP contribution in [-0.2, 0) is 0 Å². The second-order valence-corrected chi connectivity index (χ2v) is 7.25. The Hall–Kier alpha value is -1.25. The molecule has 1 heterocycles. The minimum Gasteiger partial charge on any atom is -0.399 e. The summed E-state index contributed by atoms with van der Waals surface area (Å²) in [7, 11) is 0. The summed E-state index contributed by atoms with van der Waals surface area (Å²) in [6, 6.07) is 3.79. The van der Waals surface area contributed by atoms with E-state index < -0.39 is 0 Å². The van der Waals surface area contributed by atoms with Gasteiger partial charge in [-0.25, -0.2) is 4.98 Å². The quantitative estimate of drug-likeness (QED) is 0.873. The monoisotopic (exact) mass is 257 g/mol. The highest BCUT2D eigenvalue weighted by Crippen LogP contribution is 2.59. The maximum atomic E-state index is 5.82. The summed E-state index contributed by atoms with van der Waals surface area (Å²) in [5, 5.41) is 3.55. The molecule has 4 aliphatic rings. The van der Waals surface area contributed by atoms with Crippen LogP contribution in [0, 0.1) is 23.2 Å². The van der Waals surface area contributed by atoms with Crippen LogP contribution >= 0.6 is 0 Å². The fraction of sp³-hybridized carbons (Fsp3) is 0.688. The number of nitrogen functional groups attached to an aromatic ring is 1. The summed E-state index contributed by atoms with van der Waals surface area (Å²) < 4.78 is 0. The molecule has 0 unspecified atom stereocenters. The minimum absolute atomic E-state index is 0.557. The molecule has 4 aliphatic carbocycles. The van der Waals surface area contributed by atoms with E-state index in [9.17, 15) is 0 Å². The molecular weight excluding hydrogens is 234 g/mol. The van der Waals surface area contributed by atoms with Crippen LogP contribution in [0.5, 0.6) is 0 Å². The van der Waals surface area contributed by atoms with Crippen molar-refractivity contribution in [3.05, 3.63) is 18.3 Å². The van der Waals surface area contributed by atoms with Gasteiger partial charge in [0.15, 0.2) is 0 Å². The molecule has 5 rings (SSSR count). The van der Waals surface area contributed by atoms with Crippen LogP contribution in [0.25, 0.3) is 0 Å². The highest BCUT2D eigenvalue weighted by Gasteiger charge is 2.50. The van der Waals surface area contributed by atoms with Crippen molar-refractivity contribution in [1.82, 2.24) is 4.98 Å². The third-order valence-corrected chi connectivity index (χ3v) is 5.59. The van der Waals surface area contributed by atoms with Crippen LogP contribution in [0.2, 0.25) is 0 Å². The predicted octanol–water partition coefficient (Wildman–Crippen LogP) is 3.29. The molecule has 0 amide bonds. The van der Waals surface area contributed by atoms with E-state index in [1.807, 2.05) is 12.1 Å². The van der Waals surface area contributed by atoms with E-state index in [2.05, 4.69) is 10.3 Å². The first-order valence-electron chi connectivity index (χ1n) is 7.66. The SMILES string of the molecule is Nc1ccnc(NCC23CC4CC(CC(C4)C2)C3)c1. The van der Waals surface area contributed by atoms with Crippen LogP contribution in [0.1, 0.15) is 38.5 Å². The molecule has 0 saturated heterocycles. The third-order valence-electron chi connectivity index (χ3n) is 5.59. The fourth-order valence-electron chi connectivity index (χ4n) is 5.33. The number of rotatable bonds is 3. The van der Waals surface area contributed by atoms with E-state index in [1.54, 1.807) is 6.20 Å². The number of aromatic nitrogens is 1. The summed E-state index contributed by atoms with van der Waals surface area (Å²) in [6.45, 7) is 1.09. The van der Waals surface area contributed by atoms with Crippen molar-refractivity contribution < 1.29 is 0 Å². The number of hydrogen-bond donors (Lipinski definition) is 2. The molecule has 1 aromatic rings. The molecule has 0 atom stereocenters. The Morgan fingerprint density at radius 1 is 1.16 bits per heavy atom. The summed E-state index contributed by atoms with van der Waals surface area (Å²) in [5.41, 5.74) is 7.17. The zero-order chi connectivity index (χ0) is 12.9. The van der Waals surface area contributed by atoms with Gasteiger partial charge in [0, 0.05) is 24.5 Å². The Morgan fingerprint density at radius 2 is 1.79 bits per heavy atom. The Kier molecular flexibility index (Phi) is 2.51. The van der Waals surface area contributed by atoms with Gasteiger partial charge < -0.3 is 11.1 Å². The average molecular weight is 257 g/mol. The molecule has 0 aliphatic heterocycles. The lowest BCUT2D eigenvalue weighted by atomic mass is 9.49. The fourth-order valence-corrected chi connectivity index (χ4v) is 5.33. The van der Waals surface area contributed by atoms with Gasteiger partial charge in [-0.3, -0.25) is 0 Å². The van der Waals surface area contributed by atoms with Crippen LogP contribution in [0.15, 0.2) is 18.3 Å². The lowest BCUT2D eigenvalue weighted by Gasteiger charge is -2.57. The molecule has 0 spiro atoms. The second kappa shape index (κ2) is 4.12. The van der Waals surface area contributed by atoms with Crippen molar-refractivity contribution in [2.24, 2.45) is 23.2 Å². The maximum Gasteiger partial charge on any atom is 0.127 e. The standard InChI is InChI=1S/C16H23N3/c17-14-1-2-18-15(6-14)19-10-16-7-11-3-12(8-16)5-13(4-11)9-16/h1-2,6,11-13H,3-5,7-10H2,(H3,17,18,19). The Morgan fingerprint density at radius 3 is 2.37 bits per heavy atom. The summed E-state index contributed by atoms with van der Waals surface area (Å²) in [4.78, 5) is 4.37. The second-order valence-electron chi connectivity index (χ2n) is 7.25. The predicted molar refractivity (Wildman–Crippen MR) is 77.7 cm³/mol. The Bertz CT molecular complexity index is 447. The van der Waals surface area contributed by atoms with Crippen molar-refractivity contribution in [3.63, 3.8) is 0 Å². The Balaban J connectivity index is 1.48. The van der Waals surface area contributed by atoms with Gasteiger partial charge in [0.2, 0.25) is 0 Å². The van der Waals surface area contributed by atoms with Gasteiger partial charge in [-0.1, -0.05) is 0 Å². The van der Waals surface area contributed by atoms with Crippen molar-refractivity contribution in [1.29, 1.82) is 0 Å². The molecule has 0 radical (unpaired) electrons. The van der Waals surface area contributed by atoms with Gasteiger partial charge in [-0.05, 0) is 67.8 Å². The molecule has 4 saturated carbocycles. The van der Waals surface area contributed by atoms with Crippen LogP contribution < -0.4 is 11.1 Å². The van der Waals surface area contributed by atoms with E-state index >= 15 is 0 Å². The van der Waals surface area contributed by atoms with Gasteiger partial charge in [-0.2, -0.15) is 0 Å². The third kappa shape index (κ3) is 2.09. The van der Waals surface area contributed by atoms with Crippen molar-refractivity contribution in [3.8, 4) is 0 Å². The topological polar surface area (TPSA) is 50.9 Å². The molecule has 3 N–H and O–H groups in total. The number of nitrogens with zero attached hydrogens (tertiary/aromatic N) is 1. The largest absolute Gasteiger partial charge is 0.399 e. The first-order chi connectivity index (χ1) is 9.21. The van der Waals surface area contributed by atoms with Gasteiger partial charge in [0.1, 0.15) is 5.82 Å². The molecular formula is C16H23N3. The van der Waals surface area contributed by atoms with Gasteiger partial charge in [0.25, 0.3) is 0 Å². The maximum absolute atomic E-state index is 5.82. The van der Waals surface area contributed by atoms with Crippen molar-refractivity contribution in [2.75, 3.05) is 17.6 Å². The van der Waals surface area contributed by atoms with E-state index in [0.29, 0.717) is 5.41 Å². The molecule has 4 fully saturated rings. The number of nitrogens with one attached hydrogen (secondary N) is 1. The van der Waals surface area contributed by atoms with Crippen molar-refractivity contribution in [2.45, 2.75) is 38.5 Å². The highest BCUT2D eigenvalue weighted by molar-refractivity contribution is 5.48. The minimum atomic E-state index is 0.557. The van der Waals surface area contributed by atoms with Crippen molar-refractivity contribution >= 4 is 11.5 Å². The Labute approximate surface area is 115 Å². The first-order valence-corrected chi connectivity index (χ1v) is 7.66. The number of pyridine rings is 1. The van der Waals surface area contributed by atoms with Gasteiger partial charge >= 0.3 is 0 Å². The van der Waals surface area contributed by atoms with E-state index in [-0.39, 0.29) is 0 Å². The number of anilines is 2. The molecule has 3 heteroatoms. The van der Waals surface area contributed by atoms with Crippen LogP contribution in [0.4, 0.5) is 11.5 Å². The van der Waals surface area contributed by atoms with Gasteiger partial charge in [-0.15, -0.1) is 0 Å². The van der Waals surface area contributed by atoms with E-state index in [1.165, 1.54) is 38.5 Å². The summed E-state index contributed by atoms with van der Waals surface area (Å²) in [6.07, 6.45) is 10.6. The van der Waals surface area contributed by atoms with Crippen LogP contribution in [-0.4, -0.2) is 11.5 Å². The first kappa shape index (κ1) is 11.6. The molecule has 19 heavy (non-hydrogen) atoms. The molecule has 3 nitrogen and oxygen atoms in total. The molecule has 102 valence electrons. The summed E-state index contributed by atoms with van der Waals surface area (Å²) in [5.74, 6) is 3.99. The van der Waals surface area contributed by atoms with E-state index in [0.717, 1.165) is 35.8 Å². The lowest BCUT2D eigenvalue weighted by molar-refractivity contribution is -0.0444. The van der Waals surface area contributed by atoms with Gasteiger partial charge in [0.05, 0.1) is 0 Å². The summed E-state index contributed by atoms with van der Waals surface area (Å²) >= 11 is 0. The zero-order valence-corrected chi connectivity index (χ0v) is 11.4. The molecule has 1 aromatic heterocycles.